The van der Waals surface area contributed by atoms with Gasteiger partial charge in [-0.15, -0.1) is 0 Å². The van der Waals surface area contributed by atoms with Crippen LogP contribution in [0.5, 0.6) is 0 Å². The zero-order valence-corrected chi connectivity index (χ0v) is 13.3. The molecule has 114 valence electrons. The normalized spacial score (nSPS) is 11.9. The second-order valence-corrected chi connectivity index (χ2v) is 6.51. The van der Waals surface area contributed by atoms with E-state index in [-0.39, 0.29) is 12.0 Å². The Morgan fingerprint density at radius 3 is 2.57 bits per heavy atom. The van der Waals surface area contributed by atoms with Gasteiger partial charge in [0, 0.05) is 37.3 Å². The van der Waals surface area contributed by atoms with Crippen molar-refractivity contribution in [3.63, 3.8) is 0 Å². The molecule has 1 aromatic heterocycles. The molecule has 0 aliphatic heterocycles. The van der Waals surface area contributed by atoms with Gasteiger partial charge in [0.15, 0.2) is 0 Å². The van der Waals surface area contributed by atoms with Gasteiger partial charge in [-0.1, -0.05) is 45.0 Å². The van der Waals surface area contributed by atoms with Gasteiger partial charge in [-0.25, -0.2) is 0 Å². The molecule has 2 N–H and O–H groups in total. The molecule has 0 saturated carbocycles. The zero-order chi connectivity index (χ0) is 15.5. The van der Waals surface area contributed by atoms with Crippen LogP contribution in [0.15, 0.2) is 30.5 Å². The molecule has 1 heterocycles. The molecule has 0 aliphatic carbocycles. The van der Waals surface area contributed by atoms with Gasteiger partial charge in [0.1, 0.15) is 0 Å². The zero-order valence-electron chi connectivity index (χ0n) is 13.3. The number of aromatic nitrogens is 2. The Hall–Kier alpha value is -1.65. The molecule has 0 radical (unpaired) electrons. The highest BCUT2D eigenvalue weighted by atomic mass is 16.3. The Morgan fingerprint density at radius 1 is 1.19 bits per heavy atom. The van der Waals surface area contributed by atoms with E-state index in [1.807, 2.05) is 29.9 Å². The number of hydrogen-bond donors (Lipinski definition) is 2. The first kappa shape index (κ1) is 15.7. The monoisotopic (exact) mass is 287 g/mol. The first-order valence-corrected chi connectivity index (χ1v) is 7.32. The van der Waals surface area contributed by atoms with Crippen molar-refractivity contribution >= 4 is 0 Å². The molecule has 21 heavy (non-hydrogen) atoms. The van der Waals surface area contributed by atoms with E-state index in [1.54, 1.807) is 0 Å². The average molecular weight is 287 g/mol. The molecular weight excluding hydrogens is 262 g/mol. The highest BCUT2D eigenvalue weighted by molar-refractivity contribution is 5.25. The van der Waals surface area contributed by atoms with Crippen LogP contribution in [0.2, 0.25) is 0 Å². The van der Waals surface area contributed by atoms with Crippen LogP contribution >= 0.6 is 0 Å². The summed E-state index contributed by atoms with van der Waals surface area (Å²) in [5, 5.41) is 17.2. The number of aliphatic hydroxyl groups excluding tert-OH is 1. The summed E-state index contributed by atoms with van der Waals surface area (Å²) in [5.41, 5.74) is 4.56. The molecule has 4 nitrogen and oxygen atoms in total. The van der Waals surface area contributed by atoms with Crippen LogP contribution in [-0.4, -0.2) is 14.9 Å². The van der Waals surface area contributed by atoms with Gasteiger partial charge >= 0.3 is 0 Å². The fraction of sp³-hybridized carbons (Fsp3) is 0.471. The molecule has 0 saturated heterocycles. The molecule has 2 aromatic rings. The van der Waals surface area contributed by atoms with Gasteiger partial charge < -0.3 is 10.4 Å². The molecule has 0 amide bonds. The summed E-state index contributed by atoms with van der Waals surface area (Å²) in [4.78, 5) is 0. The molecule has 4 heteroatoms. The third kappa shape index (κ3) is 4.16. The summed E-state index contributed by atoms with van der Waals surface area (Å²) in [6, 6.07) is 8.01. The Balaban J connectivity index is 2.00. The van der Waals surface area contributed by atoms with Crippen molar-refractivity contribution in [3.05, 3.63) is 52.8 Å². The predicted molar refractivity (Wildman–Crippen MR) is 84.8 cm³/mol. The molecule has 2 rings (SSSR count). The largest absolute Gasteiger partial charge is 0.392 e. The standard InChI is InChI=1S/C17H25N3O/c1-17(2,3)16-15(11-20(4)19-16)10-18-9-13-6-5-7-14(8-13)12-21/h5-8,11,18,21H,9-10,12H2,1-4H3. The second kappa shape index (κ2) is 6.41. The smallest absolute Gasteiger partial charge is 0.0722 e. The molecule has 0 atom stereocenters. The maximum atomic E-state index is 9.16. The number of nitrogens with zero attached hydrogens (tertiary/aromatic N) is 2. The maximum absolute atomic E-state index is 9.16. The van der Waals surface area contributed by atoms with Crippen molar-refractivity contribution in [2.45, 2.75) is 45.9 Å². The Labute approximate surface area is 126 Å². The van der Waals surface area contributed by atoms with E-state index in [1.165, 1.54) is 11.1 Å². The fourth-order valence-electron chi connectivity index (χ4n) is 2.48. The quantitative estimate of drug-likeness (QED) is 0.888. The Kier molecular flexibility index (Phi) is 4.80. The van der Waals surface area contributed by atoms with Gasteiger partial charge in [0.05, 0.1) is 12.3 Å². The van der Waals surface area contributed by atoms with Gasteiger partial charge in [-0.2, -0.15) is 5.10 Å². The fourth-order valence-corrected chi connectivity index (χ4v) is 2.48. The highest BCUT2D eigenvalue weighted by Gasteiger charge is 2.21. The molecule has 0 spiro atoms. The molecule has 0 unspecified atom stereocenters. The first-order valence-electron chi connectivity index (χ1n) is 7.32. The summed E-state index contributed by atoms with van der Waals surface area (Å²) in [6.07, 6.45) is 2.08. The lowest BCUT2D eigenvalue weighted by Crippen LogP contribution is -2.19. The van der Waals surface area contributed by atoms with Gasteiger partial charge in [0.2, 0.25) is 0 Å². The van der Waals surface area contributed by atoms with Crippen molar-refractivity contribution in [1.29, 1.82) is 0 Å². The van der Waals surface area contributed by atoms with Crippen LogP contribution in [0.4, 0.5) is 0 Å². The number of hydrogen-bond acceptors (Lipinski definition) is 3. The average Bonchev–Trinajstić information content (AvgIpc) is 2.80. The van der Waals surface area contributed by atoms with E-state index in [0.29, 0.717) is 0 Å². The molecule has 0 bridgehead atoms. The number of rotatable bonds is 5. The summed E-state index contributed by atoms with van der Waals surface area (Å²) in [7, 11) is 1.96. The highest BCUT2D eigenvalue weighted by Crippen LogP contribution is 2.24. The third-order valence-electron chi connectivity index (χ3n) is 3.43. The van der Waals surface area contributed by atoms with E-state index in [4.69, 9.17) is 5.11 Å². The number of nitrogens with one attached hydrogen (secondary N) is 1. The minimum Gasteiger partial charge on any atom is -0.392 e. The van der Waals surface area contributed by atoms with Crippen LogP contribution in [0.3, 0.4) is 0 Å². The number of aryl methyl sites for hydroxylation is 1. The molecule has 0 aliphatic rings. The van der Waals surface area contributed by atoms with E-state index in [2.05, 4.69) is 43.4 Å². The van der Waals surface area contributed by atoms with Gasteiger partial charge in [0.25, 0.3) is 0 Å². The van der Waals surface area contributed by atoms with Crippen LogP contribution in [0.25, 0.3) is 0 Å². The molecule has 0 fully saturated rings. The van der Waals surface area contributed by atoms with Crippen molar-refractivity contribution in [1.82, 2.24) is 15.1 Å². The summed E-state index contributed by atoms with van der Waals surface area (Å²) in [6.45, 7) is 8.22. The van der Waals surface area contributed by atoms with Crippen LogP contribution in [0, 0.1) is 0 Å². The molecule has 1 aromatic carbocycles. The number of aliphatic hydroxyl groups is 1. The van der Waals surface area contributed by atoms with Crippen molar-refractivity contribution < 1.29 is 5.11 Å². The van der Waals surface area contributed by atoms with Crippen molar-refractivity contribution in [2.75, 3.05) is 0 Å². The van der Waals surface area contributed by atoms with Crippen molar-refractivity contribution in [3.8, 4) is 0 Å². The second-order valence-electron chi connectivity index (χ2n) is 6.51. The maximum Gasteiger partial charge on any atom is 0.0722 e. The van der Waals surface area contributed by atoms with Crippen molar-refractivity contribution in [2.24, 2.45) is 7.05 Å². The lowest BCUT2D eigenvalue weighted by molar-refractivity contribution is 0.281. The van der Waals surface area contributed by atoms with E-state index >= 15 is 0 Å². The molecular formula is C17H25N3O. The third-order valence-corrected chi connectivity index (χ3v) is 3.43. The Morgan fingerprint density at radius 2 is 1.90 bits per heavy atom. The van der Waals surface area contributed by atoms with Crippen LogP contribution < -0.4 is 5.32 Å². The van der Waals surface area contributed by atoms with Crippen LogP contribution in [-0.2, 0) is 32.2 Å². The first-order chi connectivity index (χ1) is 9.90. The predicted octanol–water partition coefficient (Wildman–Crippen LogP) is 2.50. The lowest BCUT2D eigenvalue weighted by Gasteiger charge is -2.17. The summed E-state index contributed by atoms with van der Waals surface area (Å²) < 4.78 is 1.88. The Bertz CT molecular complexity index is 596. The number of benzene rings is 1. The van der Waals surface area contributed by atoms with Crippen LogP contribution in [0.1, 0.15) is 43.2 Å². The minimum absolute atomic E-state index is 0.0507. The summed E-state index contributed by atoms with van der Waals surface area (Å²) in [5.74, 6) is 0. The van der Waals surface area contributed by atoms with E-state index < -0.39 is 0 Å². The summed E-state index contributed by atoms with van der Waals surface area (Å²) >= 11 is 0. The van der Waals surface area contributed by atoms with Gasteiger partial charge in [-0.3, -0.25) is 4.68 Å². The topological polar surface area (TPSA) is 50.1 Å². The SMILES string of the molecule is Cn1cc(CNCc2cccc(CO)c2)c(C(C)(C)C)n1. The van der Waals surface area contributed by atoms with Gasteiger partial charge in [-0.05, 0) is 11.1 Å². The minimum atomic E-state index is 0.0507. The lowest BCUT2D eigenvalue weighted by atomic mass is 9.89. The van der Waals surface area contributed by atoms with E-state index in [0.717, 1.165) is 24.3 Å². The van der Waals surface area contributed by atoms with E-state index in [9.17, 15) is 0 Å².